The molecule has 1 atom stereocenters. The van der Waals surface area contributed by atoms with Gasteiger partial charge in [0.25, 0.3) is 5.56 Å². The number of nitrogens with zero attached hydrogens (tertiary/aromatic N) is 3. The van der Waals surface area contributed by atoms with Crippen LogP contribution in [-0.2, 0) is 6.54 Å². The molecule has 0 saturated carbocycles. The number of piperidine rings is 1. The maximum Gasteiger partial charge on any atom is 0.287 e. The van der Waals surface area contributed by atoms with E-state index in [2.05, 4.69) is 17.0 Å². The summed E-state index contributed by atoms with van der Waals surface area (Å²) in [6.07, 6.45) is 6.06. The predicted octanol–water partition coefficient (Wildman–Crippen LogP) is 2.42. The van der Waals surface area contributed by atoms with E-state index >= 15 is 0 Å². The Morgan fingerprint density at radius 1 is 1.44 bits per heavy atom. The molecule has 0 N–H and O–H groups in total. The van der Waals surface area contributed by atoms with Crippen LogP contribution >= 0.6 is 23.2 Å². The summed E-state index contributed by atoms with van der Waals surface area (Å²) < 4.78 is 1.40. The highest BCUT2D eigenvalue weighted by Gasteiger charge is 2.19. The molecule has 1 saturated heterocycles. The fraction of sp³-hybridized carbons (Fsp3) is 0.667. The Morgan fingerprint density at radius 2 is 2.22 bits per heavy atom. The van der Waals surface area contributed by atoms with Crippen molar-refractivity contribution in [3.05, 3.63) is 26.6 Å². The van der Waals surface area contributed by atoms with Gasteiger partial charge >= 0.3 is 0 Å². The highest BCUT2D eigenvalue weighted by atomic mass is 35.5. The third-order valence-electron chi connectivity index (χ3n) is 3.54. The van der Waals surface area contributed by atoms with Crippen molar-refractivity contribution in [2.45, 2.75) is 38.3 Å². The van der Waals surface area contributed by atoms with Gasteiger partial charge in [-0.15, -0.1) is 0 Å². The van der Waals surface area contributed by atoms with E-state index in [-0.39, 0.29) is 15.6 Å². The first kappa shape index (κ1) is 13.8. The van der Waals surface area contributed by atoms with E-state index in [0.717, 1.165) is 13.0 Å². The smallest absolute Gasteiger partial charge is 0.287 e. The molecular weight excluding hydrogens is 273 g/mol. The van der Waals surface area contributed by atoms with E-state index < -0.39 is 0 Å². The minimum Gasteiger partial charge on any atom is -0.303 e. The summed E-state index contributed by atoms with van der Waals surface area (Å²) >= 11 is 11.6. The van der Waals surface area contributed by atoms with E-state index in [9.17, 15) is 4.79 Å². The van der Waals surface area contributed by atoms with Crippen molar-refractivity contribution in [3.63, 3.8) is 0 Å². The zero-order chi connectivity index (χ0) is 13.1. The van der Waals surface area contributed by atoms with E-state index in [0.29, 0.717) is 12.6 Å². The average Bonchev–Trinajstić information content (AvgIpc) is 2.37. The van der Waals surface area contributed by atoms with Gasteiger partial charge in [0.1, 0.15) is 5.02 Å². The number of halogens is 2. The van der Waals surface area contributed by atoms with Gasteiger partial charge < -0.3 is 4.90 Å². The molecule has 0 bridgehead atoms. The van der Waals surface area contributed by atoms with Gasteiger partial charge in [-0.2, -0.15) is 5.10 Å². The molecule has 0 amide bonds. The van der Waals surface area contributed by atoms with Crippen LogP contribution in [0.15, 0.2) is 11.0 Å². The minimum absolute atomic E-state index is 0.0589. The second-order valence-corrected chi connectivity index (χ2v) is 5.54. The summed E-state index contributed by atoms with van der Waals surface area (Å²) in [6, 6.07) is 0.530. The summed E-state index contributed by atoms with van der Waals surface area (Å²) in [5.41, 5.74) is -0.303. The summed E-state index contributed by atoms with van der Waals surface area (Å²) in [4.78, 5) is 14.2. The first-order valence-electron chi connectivity index (χ1n) is 6.21. The lowest BCUT2D eigenvalue weighted by Gasteiger charge is -2.32. The molecule has 1 fully saturated rings. The molecule has 2 heterocycles. The topological polar surface area (TPSA) is 38.1 Å². The lowest BCUT2D eigenvalue weighted by molar-refractivity contribution is 0.169. The predicted molar refractivity (Wildman–Crippen MR) is 73.4 cm³/mol. The van der Waals surface area contributed by atoms with Crippen LogP contribution in [0.1, 0.15) is 25.7 Å². The number of rotatable bonds is 3. The molecule has 0 aliphatic carbocycles. The Bertz CT molecular complexity index is 475. The lowest BCUT2D eigenvalue weighted by atomic mass is 10.0. The Hall–Kier alpha value is -0.580. The molecule has 1 aliphatic heterocycles. The van der Waals surface area contributed by atoms with Crippen LogP contribution in [0, 0.1) is 0 Å². The number of hydrogen-bond donors (Lipinski definition) is 0. The Morgan fingerprint density at radius 3 is 2.94 bits per heavy atom. The number of aromatic nitrogens is 2. The molecule has 18 heavy (non-hydrogen) atoms. The molecule has 1 aromatic rings. The maximum atomic E-state index is 11.8. The molecule has 0 radical (unpaired) electrons. The van der Waals surface area contributed by atoms with Crippen molar-refractivity contribution in [2.24, 2.45) is 0 Å². The monoisotopic (exact) mass is 289 g/mol. The van der Waals surface area contributed by atoms with Crippen LogP contribution in [0.3, 0.4) is 0 Å². The van der Waals surface area contributed by atoms with Crippen molar-refractivity contribution in [1.29, 1.82) is 0 Å². The van der Waals surface area contributed by atoms with E-state index in [1.807, 2.05) is 0 Å². The zero-order valence-corrected chi connectivity index (χ0v) is 11.9. The number of likely N-dealkylation sites (tertiary alicyclic amines) is 1. The van der Waals surface area contributed by atoms with Gasteiger partial charge in [-0.1, -0.05) is 29.6 Å². The van der Waals surface area contributed by atoms with Gasteiger partial charge in [-0.25, -0.2) is 4.68 Å². The van der Waals surface area contributed by atoms with Crippen molar-refractivity contribution in [2.75, 3.05) is 13.6 Å². The SMILES string of the molecule is CN1CCCCC1CCn1ncc(Cl)c(Cl)c1=O. The van der Waals surface area contributed by atoms with Gasteiger partial charge in [0.15, 0.2) is 0 Å². The fourth-order valence-corrected chi connectivity index (χ4v) is 2.66. The molecule has 0 aromatic carbocycles. The van der Waals surface area contributed by atoms with Crippen molar-refractivity contribution >= 4 is 23.2 Å². The molecule has 1 unspecified atom stereocenters. The van der Waals surface area contributed by atoms with Crippen molar-refractivity contribution < 1.29 is 0 Å². The quantitative estimate of drug-likeness (QED) is 0.858. The highest BCUT2D eigenvalue weighted by molar-refractivity contribution is 6.41. The van der Waals surface area contributed by atoms with Gasteiger partial charge in [0.2, 0.25) is 0 Å². The Balaban J connectivity index is 2.02. The second-order valence-electron chi connectivity index (χ2n) is 4.75. The molecule has 2 rings (SSSR count). The largest absolute Gasteiger partial charge is 0.303 e. The molecule has 1 aliphatic rings. The zero-order valence-electron chi connectivity index (χ0n) is 10.4. The highest BCUT2D eigenvalue weighted by Crippen LogP contribution is 2.18. The minimum atomic E-state index is -0.303. The average molecular weight is 290 g/mol. The normalized spacial score (nSPS) is 21.2. The van der Waals surface area contributed by atoms with Crippen LogP contribution in [0.4, 0.5) is 0 Å². The molecule has 6 heteroatoms. The van der Waals surface area contributed by atoms with Crippen LogP contribution in [-0.4, -0.2) is 34.3 Å². The Labute approximate surface area is 116 Å². The third kappa shape index (κ3) is 3.05. The molecule has 100 valence electrons. The van der Waals surface area contributed by atoms with E-state index in [1.165, 1.54) is 30.1 Å². The maximum absolute atomic E-state index is 11.8. The lowest BCUT2D eigenvalue weighted by Crippen LogP contribution is -2.37. The van der Waals surface area contributed by atoms with Crippen molar-refractivity contribution in [3.8, 4) is 0 Å². The van der Waals surface area contributed by atoms with Gasteiger partial charge in [0.05, 0.1) is 11.2 Å². The first-order valence-corrected chi connectivity index (χ1v) is 6.96. The van der Waals surface area contributed by atoms with E-state index in [1.54, 1.807) is 0 Å². The van der Waals surface area contributed by atoms with Gasteiger partial charge in [0, 0.05) is 12.6 Å². The van der Waals surface area contributed by atoms with Crippen LogP contribution in [0.25, 0.3) is 0 Å². The van der Waals surface area contributed by atoms with Crippen LogP contribution in [0.2, 0.25) is 10.0 Å². The van der Waals surface area contributed by atoms with E-state index in [4.69, 9.17) is 23.2 Å². The Kier molecular flexibility index (Phi) is 4.65. The second kappa shape index (κ2) is 6.04. The summed E-state index contributed by atoms with van der Waals surface area (Å²) in [5.74, 6) is 0. The molecule has 1 aromatic heterocycles. The standard InChI is InChI=1S/C12H17Cl2N3O/c1-16-6-3-2-4-9(16)5-7-17-12(18)11(14)10(13)8-15-17/h8-9H,2-7H2,1H3. The first-order chi connectivity index (χ1) is 8.59. The third-order valence-corrected chi connectivity index (χ3v) is 4.29. The summed E-state index contributed by atoms with van der Waals surface area (Å²) in [7, 11) is 2.13. The van der Waals surface area contributed by atoms with Crippen LogP contribution < -0.4 is 5.56 Å². The van der Waals surface area contributed by atoms with Crippen LogP contribution in [0.5, 0.6) is 0 Å². The molecule has 4 nitrogen and oxygen atoms in total. The summed E-state index contributed by atoms with van der Waals surface area (Å²) in [5, 5.41) is 4.29. The van der Waals surface area contributed by atoms with Gasteiger partial charge in [-0.05, 0) is 32.9 Å². The summed E-state index contributed by atoms with van der Waals surface area (Å²) in [6.45, 7) is 1.72. The number of hydrogen-bond acceptors (Lipinski definition) is 3. The number of aryl methyl sites for hydroxylation is 1. The molecule has 0 spiro atoms. The molecular formula is C12H17Cl2N3O. The van der Waals surface area contributed by atoms with Gasteiger partial charge in [-0.3, -0.25) is 4.79 Å². The van der Waals surface area contributed by atoms with Crippen molar-refractivity contribution in [1.82, 2.24) is 14.7 Å². The fourth-order valence-electron chi connectivity index (χ4n) is 2.38.